The summed E-state index contributed by atoms with van der Waals surface area (Å²) in [5.74, 6) is 0.630. The molecule has 1 saturated carbocycles. The van der Waals surface area contributed by atoms with Gasteiger partial charge in [-0.05, 0) is 49.3 Å². The average Bonchev–Trinajstić information content (AvgIpc) is 3.64. The van der Waals surface area contributed by atoms with Crippen LogP contribution >= 0.6 is 0 Å². The number of nitrogens with zero attached hydrogens (tertiary/aromatic N) is 3. The molecule has 1 unspecified atom stereocenters. The van der Waals surface area contributed by atoms with Gasteiger partial charge in [-0.2, -0.15) is 4.31 Å². The minimum absolute atomic E-state index is 0.0617. The Morgan fingerprint density at radius 3 is 2.03 bits per heavy atom. The summed E-state index contributed by atoms with van der Waals surface area (Å²) in [4.78, 5) is 29.4. The first-order valence-corrected chi connectivity index (χ1v) is 12.9. The Morgan fingerprint density at radius 2 is 1.45 bits per heavy atom. The van der Waals surface area contributed by atoms with Gasteiger partial charge < -0.3 is 9.80 Å². The molecule has 1 aromatic carbocycles. The van der Waals surface area contributed by atoms with Crippen LogP contribution in [0.2, 0.25) is 0 Å². The van der Waals surface area contributed by atoms with E-state index in [1.165, 1.54) is 4.31 Å². The zero-order valence-corrected chi connectivity index (χ0v) is 19.3. The molecular weight excluding hydrogens is 414 g/mol. The molecule has 2 saturated heterocycles. The molecule has 2 aliphatic heterocycles. The molecule has 1 aliphatic carbocycles. The van der Waals surface area contributed by atoms with E-state index in [1.54, 1.807) is 17.0 Å². The van der Waals surface area contributed by atoms with Crippen LogP contribution in [0.25, 0.3) is 0 Å². The van der Waals surface area contributed by atoms with Gasteiger partial charge in [0.25, 0.3) is 0 Å². The summed E-state index contributed by atoms with van der Waals surface area (Å²) in [6.45, 7) is 6.81. The number of carbonyl (C=O) groups excluding carboxylic acids is 2. The SMILES string of the molecule is CC(C)c1ccc(S(=O)(=O)N2CCN(C(=O)C3CCCN(C(=O)C4CC4)C3)CC2)cc1. The number of carbonyl (C=O) groups is 2. The Hall–Kier alpha value is -1.93. The highest BCUT2D eigenvalue weighted by atomic mass is 32.2. The van der Waals surface area contributed by atoms with Gasteiger partial charge in [-0.25, -0.2) is 8.42 Å². The number of piperidine rings is 1. The van der Waals surface area contributed by atoms with Crippen LogP contribution in [0.3, 0.4) is 0 Å². The number of rotatable bonds is 5. The molecule has 170 valence electrons. The quantitative estimate of drug-likeness (QED) is 0.694. The number of benzene rings is 1. The summed E-state index contributed by atoms with van der Waals surface area (Å²) in [6.07, 6.45) is 3.61. The highest BCUT2D eigenvalue weighted by molar-refractivity contribution is 7.89. The minimum Gasteiger partial charge on any atom is -0.342 e. The van der Waals surface area contributed by atoms with Crippen LogP contribution in [-0.4, -0.2) is 73.6 Å². The van der Waals surface area contributed by atoms with Crippen molar-refractivity contribution in [3.05, 3.63) is 29.8 Å². The number of sulfonamides is 1. The van der Waals surface area contributed by atoms with Gasteiger partial charge in [0.2, 0.25) is 21.8 Å². The molecule has 3 fully saturated rings. The van der Waals surface area contributed by atoms with Crippen LogP contribution in [0.5, 0.6) is 0 Å². The van der Waals surface area contributed by atoms with E-state index >= 15 is 0 Å². The van der Waals surface area contributed by atoms with Crippen LogP contribution in [0, 0.1) is 11.8 Å². The van der Waals surface area contributed by atoms with Crippen molar-refractivity contribution in [1.82, 2.24) is 14.1 Å². The molecule has 0 spiro atoms. The molecule has 0 aromatic heterocycles. The molecule has 0 bridgehead atoms. The van der Waals surface area contributed by atoms with Crippen molar-refractivity contribution in [3.8, 4) is 0 Å². The second-order valence-electron chi connectivity index (χ2n) is 9.35. The van der Waals surface area contributed by atoms with Gasteiger partial charge in [0.05, 0.1) is 10.8 Å². The molecule has 1 atom stereocenters. The Kier molecular flexibility index (Phi) is 6.40. The summed E-state index contributed by atoms with van der Waals surface area (Å²) in [6, 6.07) is 7.09. The second-order valence-corrected chi connectivity index (χ2v) is 11.3. The van der Waals surface area contributed by atoms with E-state index in [1.807, 2.05) is 17.0 Å². The average molecular weight is 448 g/mol. The van der Waals surface area contributed by atoms with Crippen LogP contribution in [0.15, 0.2) is 29.2 Å². The Labute approximate surface area is 185 Å². The predicted molar refractivity (Wildman–Crippen MR) is 118 cm³/mol. The third-order valence-corrected chi connectivity index (χ3v) is 8.66. The molecule has 31 heavy (non-hydrogen) atoms. The first kappa shape index (κ1) is 22.3. The van der Waals surface area contributed by atoms with E-state index < -0.39 is 10.0 Å². The van der Waals surface area contributed by atoms with Crippen molar-refractivity contribution in [1.29, 1.82) is 0 Å². The zero-order valence-electron chi connectivity index (χ0n) is 18.5. The zero-order chi connectivity index (χ0) is 22.2. The van der Waals surface area contributed by atoms with Crippen molar-refractivity contribution in [3.63, 3.8) is 0 Å². The monoisotopic (exact) mass is 447 g/mol. The van der Waals surface area contributed by atoms with E-state index in [0.717, 1.165) is 37.8 Å². The van der Waals surface area contributed by atoms with E-state index in [4.69, 9.17) is 0 Å². The van der Waals surface area contributed by atoms with Gasteiger partial charge in [-0.15, -0.1) is 0 Å². The topological polar surface area (TPSA) is 78.0 Å². The van der Waals surface area contributed by atoms with Crippen molar-refractivity contribution in [2.24, 2.45) is 11.8 Å². The van der Waals surface area contributed by atoms with E-state index in [-0.39, 0.29) is 23.7 Å². The normalized spacial score (nSPS) is 23.3. The van der Waals surface area contributed by atoms with E-state index in [9.17, 15) is 18.0 Å². The molecule has 7 nitrogen and oxygen atoms in total. The Morgan fingerprint density at radius 1 is 0.839 bits per heavy atom. The van der Waals surface area contributed by atoms with Gasteiger partial charge >= 0.3 is 0 Å². The maximum absolute atomic E-state index is 13.1. The maximum Gasteiger partial charge on any atom is 0.243 e. The Balaban J connectivity index is 1.34. The molecule has 2 heterocycles. The summed E-state index contributed by atoms with van der Waals surface area (Å²) < 4.78 is 27.5. The first-order valence-electron chi connectivity index (χ1n) is 11.4. The fourth-order valence-electron chi connectivity index (χ4n) is 4.55. The van der Waals surface area contributed by atoms with E-state index in [2.05, 4.69) is 13.8 Å². The largest absolute Gasteiger partial charge is 0.342 e. The third-order valence-electron chi connectivity index (χ3n) is 6.74. The highest BCUT2D eigenvalue weighted by Crippen LogP contribution is 2.33. The van der Waals surface area contributed by atoms with Crippen LogP contribution < -0.4 is 0 Å². The van der Waals surface area contributed by atoms with Crippen LogP contribution in [0.4, 0.5) is 0 Å². The summed E-state index contributed by atoms with van der Waals surface area (Å²) in [5, 5.41) is 0. The summed E-state index contributed by atoms with van der Waals surface area (Å²) in [7, 11) is -3.56. The van der Waals surface area contributed by atoms with Crippen molar-refractivity contribution in [2.45, 2.75) is 50.3 Å². The summed E-state index contributed by atoms with van der Waals surface area (Å²) in [5.41, 5.74) is 1.11. The predicted octanol–water partition coefficient (Wildman–Crippen LogP) is 2.29. The first-order chi connectivity index (χ1) is 14.8. The number of likely N-dealkylation sites (tertiary alicyclic amines) is 1. The van der Waals surface area contributed by atoms with Gasteiger partial charge in [0.15, 0.2) is 0 Å². The molecule has 1 aromatic rings. The number of hydrogen-bond donors (Lipinski definition) is 0. The number of piperazine rings is 1. The van der Waals surface area contributed by atoms with Crippen LogP contribution in [0.1, 0.15) is 51.0 Å². The molecule has 8 heteroatoms. The van der Waals surface area contributed by atoms with Gasteiger partial charge in [0, 0.05) is 45.2 Å². The lowest BCUT2D eigenvalue weighted by Gasteiger charge is -2.38. The second kappa shape index (κ2) is 8.90. The molecule has 2 amide bonds. The fraction of sp³-hybridized carbons (Fsp3) is 0.652. The van der Waals surface area contributed by atoms with Crippen molar-refractivity contribution >= 4 is 21.8 Å². The lowest BCUT2D eigenvalue weighted by Crippen LogP contribution is -2.54. The van der Waals surface area contributed by atoms with Gasteiger partial charge in [-0.1, -0.05) is 26.0 Å². The highest BCUT2D eigenvalue weighted by Gasteiger charge is 2.38. The molecule has 0 N–H and O–H groups in total. The van der Waals surface area contributed by atoms with Gasteiger partial charge in [-0.3, -0.25) is 9.59 Å². The minimum atomic E-state index is -3.56. The molecule has 3 aliphatic rings. The van der Waals surface area contributed by atoms with Crippen molar-refractivity contribution < 1.29 is 18.0 Å². The fourth-order valence-corrected chi connectivity index (χ4v) is 5.97. The van der Waals surface area contributed by atoms with Crippen LogP contribution in [-0.2, 0) is 19.6 Å². The molecule has 4 rings (SSSR count). The number of hydrogen-bond acceptors (Lipinski definition) is 4. The lowest BCUT2D eigenvalue weighted by atomic mass is 9.96. The molecular formula is C23H33N3O4S. The lowest BCUT2D eigenvalue weighted by molar-refractivity contribution is -0.142. The Bertz CT molecular complexity index is 917. The van der Waals surface area contributed by atoms with Crippen molar-refractivity contribution in [2.75, 3.05) is 39.3 Å². The molecule has 0 radical (unpaired) electrons. The smallest absolute Gasteiger partial charge is 0.243 e. The number of amides is 2. The van der Waals surface area contributed by atoms with E-state index in [0.29, 0.717) is 43.5 Å². The standard InChI is InChI=1S/C23H33N3O4S/c1-17(2)18-7-9-21(10-8-18)31(29,30)26-14-12-24(13-15-26)23(28)20-4-3-11-25(16-20)22(27)19-5-6-19/h7-10,17,19-20H,3-6,11-16H2,1-2H3. The maximum atomic E-state index is 13.1. The summed E-state index contributed by atoms with van der Waals surface area (Å²) >= 11 is 0. The van der Waals surface area contributed by atoms with Gasteiger partial charge in [0.1, 0.15) is 0 Å². The third kappa shape index (κ3) is 4.80.